The predicted octanol–water partition coefficient (Wildman–Crippen LogP) is 1.66. The average molecular weight is 294 g/mol. The fourth-order valence-corrected chi connectivity index (χ4v) is 1.54. The van der Waals surface area contributed by atoms with Crippen molar-refractivity contribution in [1.29, 1.82) is 0 Å². The van der Waals surface area contributed by atoms with E-state index >= 15 is 0 Å². The van der Waals surface area contributed by atoms with Crippen LogP contribution in [0.15, 0.2) is 24.3 Å². The number of carboxylic acid groups (broad SMARTS) is 1. The molecular weight excluding hydrogens is 276 g/mol. The number of carbonyl (C=O) groups excluding carboxylic acids is 2. The largest absolute Gasteiger partial charge is 0.478 e. The van der Waals surface area contributed by atoms with E-state index in [0.717, 1.165) is 13.0 Å². The Balaban J connectivity index is 3.08. The van der Waals surface area contributed by atoms with Gasteiger partial charge in [-0.15, -0.1) is 0 Å². The Morgan fingerprint density at radius 1 is 1.05 bits per heavy atom. The minimum atomic E-state index is -2.38. The molecular formula is C15H18O6. The van der Waals surface area contributed by atoms with Crippen molar-refractivity contribution in [2.75, 3.05) is 0 Å². The van der Waals surface area contributed by atoms with Gasteiger partial charge >= 0.3 is 11.9 Å². The van der Waals surface area contributed by atoms with Gasteiger partial charge in [-0.25, -0.2) is 9.59 Å². The molecule has 0 aliphatic heterocycles. The third-order valence-corrected chi connectivity index (χ3v) is 2.61. The summed E-state index contributed by atoms with van der Waals surface area (Å²) in [5.74, 6) is -3.21. The molecule has 114 valence electrons. The Morgan fingerprint density at radius 2 is 1.57 bits per heavy atom. The molecule has 2 N–H and O–H groups in total. The molecule has 0 amide bonds. The van der Waals surface area contributed by atoms with E-state index in [1.165, 1.54) is 18.2 Å². The first-order chi connectivity index (χ1) is 9.45. The van der Waals surface area contributed by atoms with Crippen molar-refractivity contribution in [3.63, 3.8) is 0 Å². The van der Waals surface area contributed by atoms with Crippen molar-refractivity contribution in [3.8, 4) is 0 Å². The van der Waals surface area contributed by atoms with Crippen molar-refractivity contribution in [2.24, 2.45) is 0 Å². The summed E-state index contributed by atoms with van der Waals surface area (Å²) in [6.45, 7) is 5.85. The summed E-state index contributed by atoms with van der Waals surface area (Å²) in [5, 5.41) is 19.0. The number of Topliss-reactive ketones (excluding diaryl/α,β-unsaturated/α-hetero) is 1. The first-order valence-electron chi connectivity index (χ1n) is 6.29. The number of ketones is 1. The molecule has 0 bridgehead atoms. The first-order valence-corrected chi connectivity index (χ1v) is 6.29. The van der Waals surface area contributed by atoms with Gasteiger partial charge in [-0.05, 0) is 39.8 Å². The smallest absolute Gasteiger partial charge is 0.346 e. The van der Waals surface area contributed by atoms with Crippen LogP contribution in [0.25, 0.3) is 0 Å². The number of hydrogen-bond acceptors (Lipinski definition) is 5. The second-order valence-electron chi connectivity index (χ2n) is 5.79. The van der Waals surface area contributed by atoms with Gasteiger partial charge in [0.2, 0.25) is 11.4 Å². The highest BCUT2D eigenvalue weighted by molar-refractivity contribution is 6.15. The quantitative estimate of drug-likeness (QED) is 0.497. The van der Waals surface area contributed by atoms with Gasteiger partial charge in [-0.1, -0.05) is 12.1 Å². The summed E-state index contributed by atoms with van der Waals surface area (Å²) in [5.41, 5.74) is -3.43. The Kier molecular flexibility index (Phi) is 4.53. The lowest BCUT2D eigenvalue weighted by Crippen LogP contribution is -2.47. The summed E-state index contributed by atoms with van der Waals surface area (Å²) < 4.78 is 5.00. The first kappa shape index (κ1) is 16.8. The third-order valence-electron chi connectivity index (χ3n) is 2.61. The van der Waals surface area contributed by atoms with Crippen LogP contribution in [0, 0.1) is 0 Å². The van der Waals surface area contributed by atoms with Crippen LogP contribution < -0.4 is 0 Å². The second-order valence-corrected chi connectivity index (χ2v) is 5.79. The highest BCUT2D eigenvalue weighted by Gasteiger charge is 2.42. The van der Waals surface area contributed by atoms with Crippen LogP contribution in [0.4, 0.5) is 0 Å². The number of aliphatic hydroxyl groups is 1. The van der Waals surface area contributed by atoms with Gasteiger partial charge < -0.3 is 14.9 Å². The average Bonchev–Trinajstić information content (AvgIpc) is 2.35. The van der Waals surface area contributed by atoms with Crippen LogP contribution >= 0.6 is 0 Å². The van der Waals surface area contributed by atoms with Crippen molar-refractivity contribution in [1.82, 2.24) is 0 Å². The number of carboxylic acids is 1. The Hall–Kier alpha value is -2.21. The Bertz CT molecular complexity index is 580. The van der Waals surface area contributed by atoms with E-state index < -0.39 is 28.9 Å². The Morgan fingerprint density at radius 3 is 2.05 bits per heavy atom. The minimum absolute atomic E-state index is 0.0780. The third kappa shape index (κ3) is 4.13. The molecule has 1 aromatic carbocycles. The van der Waals surface area contributed by atoms with Crippen molar-refractivity contribution < 1.29 is 29.3 Å². The van der Waals surface area contributed by atoms with E-state index in [1.54, 1.807) is 20.8 Å². The van der Waals surface area contributed by atoms with Crippen LogP contribution in [0.2, 0.25) is 0 Å². The molecule has 0 aliphatic carbocycles. The van der Waals surface area contributed by atoms with E-state index in [1.807, 2.05) is 0 Å². The highest BCUT2D eigenvalue weighted by Crippen LogP contribution is 2.20. The maximum Gasteiger partial charge on any atom is 0.346 e. The molecule has 1 aromatic rings. The zero-order chi connectivity index (χ0) is 16.4. The van der Waals surface area contributed by atoms with Gasteiger partial charge in [-0.3, -0.25) is 4.79 Å². The summed E-state index contributed by atoms with van der Waals surface area (Å²) in [6.07, 6.45) is 0. The molecule has 0 aromatic heterocycles. The zero-order valence-corrected chi connectivity index (χ0v) is 12.3. The maximum atomic E-state index is 12.2. The molecule has 0 spiro atoms. The number of ether oxygens (including phenoxy) is 1. The van der Waals surface area contributed by atoms with Gasteiger partial charge in [0.05, 0.1) is 5.56 Å². The number of benzene rings is 1. The van der Waals surface area contributed by atoms with E-state index in [-0.39, 0.29) is 11.1 Å². The molecule has 1 rings (SSSR count). The van der Waals surface area contributed by atoms with Crippen LogP contribution in [0.1, 0.15) is 48.4 Å². The second kappa shape index (κ2) is 5.65. The van der Waals surface area contributed by atoms with Crippen LogP contribution in [0.5, 0.6) is 0 Å². The fraction of sp³-hybridized carbons (Fsp3) is 0.400. The number of esters is 1. The normalized spacial score (nSPS) is 14.1. The molecule has 0 saturated carbocycles. The number of aromatic carboxylic acids is 1. The van der Waals surface area contributed by atoms with Crippen molar-refractivity contribution in [2.45, 2.75) is 38.9 Å². The maximum absolute atomic E-state index is 12.2. The van der Waals surface area contributed by atoms with Crippen molar-refractivity contribution >= 4 is 17.7 Å². The van der Waals surface area contributed by atoms with E-state index in [2.05, 4.69) is 0 Å². The zero-order valence-electron chi connectivity index (χ0n) is 12.3. The summed E-state index contributed by atoms with van der Waals surface area (Å²) in [7, 11) is 0. The molecule has 0 aliphatic rings. The van der Waals surface area contributed by atoms with Crippen LogP contribution in [-0.2, 0) is 9.53 Å². The lowest BCUT2D eigenvalue weighted by atomic mass is 9.93. The molecule has 0 saturated heterocycles. The van der Waals surface area contributed by atoms with Gasteiger partial charge in [0.1, 0.15) is 5.60 Å². The Labute approximate surface area is 122 Å². The van der Waals surface area contributed by atoms with Crippen LogP contribution in [-0.4, -0.2) is 39.1 Å². The van der Waals surface area contributed by atoms with Gasteiger partial charge in [-0.2, -0.15) is 0 Å². The SMILES string of the molecule is CC(C)(C)OC(=O)C(C)(O)C(=O)c1cccc(C(=O)O)c1. The number of carbonyl (C=O) groups is 3. The van der Waals surface area contributed by atoms with Gasteiger partial charge in [0, 0.05) is 5.56 Å². The summed E-state index contributed by atoms with van der Waals surface area (Å²) in [6, 6.07) is 5.10. The fourth-order valence-electron chi connectivity index (χ4n) is 1.54. The molecule has 1 atom stereocenters. The molecule has 6 nitrogen and oxygen atoms in total. The standard InChI is InChI=1S/C15H18O6/c1-14(2,3)21-13(19)15(4,20)11(16)9-6-5-7-10(8-9)12(17)18/h5-8,20H,1-4H3,(H,17,18). The lowest BCUT2D eigenvalue weighted by molar-refractivity contribution is -0.170. The van der Waals surface area contributed by atoms with Gasteiger partial charge in [0.25, 0.3) is 0 Å². The molecule has 1 unspecified atom stereocenters. The van der Waals surface area contributed by atoms with Crippen LogP contribution in [0.3, 0.4) is 0 Å². The van der Waals surface area contributed by atoms with Crippen molar-refractivity contribution in [3.05, 3.63) is 35.4 Å². The minimum Gasteiger partial charge on any atom is -0.478 e. The lowest BCUT2D eigenvalue weighted by Gasteiger charge is -2.26. The topological polar surface area (TPSA) is 101 Å². The number of hydrogen-bond donors (Lipinski definition) is 2. The van der Waals surface area contributed by atoms with E-state index in [4.69, 9.17) is 9.84 Å². The molecule has 21 heavy (non-hydrogen) atoms. The molecule has 0 fully saturated rings. The highest BCUT2D eigenvalue weighted by atomic mass is 16.6. The summed E-state index contributed by atoms with van der Waals surface area (Å²) in [4.78, 5) is 35.0. The predicted molar refractivity (Wildman–Crippen MR) is 74.2 cm³/mol. The number of rotatable bonds is 4. The van der Waals surface area contributed by atoms with E-state index in [0.29, 0.717) is 0 Å². The van der Waals surface area contributed by atoms with Gasteiger partial charge in [0.15, 0.2) is 0 Å². The molecule has 0 radical (unpaired) electrons. The van der Waals surface area contributed by atoms with E-state index in [9.17, 15) is 19.5 Å². The molecule has 6 heteroatoms. The summed E-state index contributed by atoms with van der Waals surface area (Å²) >= 11 is 0. The monoisotopic (exact) mass is 294 g/mol. The molecule has 0 heterocycles.